The highest BCUT2D eigenvalue weighted by Gasteiger charge is 2.36. The first kappa shape index (κ1) is 20.4. The second-order valence-corrected chi connectivity index (χ2v) is 5.93. The molecule has 0 saturated carbocycles. The number of alkyl halides is 6. The minimum atomic E-state index is -4.96. The summed E-state index contributed by atoms with van der Waals surface area (Å²) < 4.78 is 78.7. The summed E-state index contributed by atoms with van der Waals surface area (Å²) in [6.45, 7) is -0.562. The van der Waals surface area contributed by atoms with E-state index in [1.165, 1.54) is 4.68 Å². The molecule has 29 heavy (non-hydrogen) atoms. The van der Waals surface area contributed by atoms with Gasteiger partial charge in [-0.3, -0.25) is 4.79 Å². The van der Waals surface area contributed by atoms with Gasteiger partial charge in [-0.25, -0.2) is 9.67 Å². The predicted molar refractivity (Wildman–Crippen MR) is 89.0 cm³/mol. The van der Waals surface area contributed by atoms with Gasteiger partial charge in [-0.05, 0) is 35.9 Å². The van der Waals surface area contributed by atoms with Gasteiger partial charge in [-0.15, -0.1) is 0 Å². The highest BCUT2D eigenvalue weighted by Crippen LogP contribution is 2.36. The van der Waals surface area contributed by atoms with Gasteiger partial charge in [0.05, 0.1) is 16.8 Å². The highest BCUT2D eigenvalue weighted by molar-refractivity contribution is 5.91. The second kappa shape index (κ2) is 7.57. The topological polar surface area (TPSA) is 59.8 Å². The fourth-order valence-corrected chi connectivity index (χ4v) is 2.54. The summed E-state index contributed by atoms with van der Waals surface area (Å²) in [6.07, 6.45) is -8.82. The molecular weight excluding hydrogens is 402 g/mol. The van der Waals surface area contributed by atoms with Crippen molar-refractivity contribution >= 4 is 5.91 Å². The van der Waals surface area contributed by atoms with Gasteiger partial charge in [0.2, 0.25) is 5.82 Å². The van der Waals surface area contributed by atoms with Gasteiger partial charge >= 0.3 is 12.4 Å². The highest BCUT2D eigenvalue weighted by atomic mass is 19.4. The van der Waals surface area contributed by atoms with Gasteiger partial charge in [0.25, 0.3) is 5.91 Å². The third-order valence-corrected chi connectivity index (χ3v) is 3.85. The van der Waals surface area contributed by atoms with Crippen LogP contribution >= 0.6 is 0 Å². The van der Waals surface area contributed by atoms with Crippen LogP contribution in [-0.2, 0) is 18.9 Å². The smallest absolute Gasteiger partial charge is 0.345 e. The summed E-state index contributed by atoms with van der Waals surface area (Å²) in [6, 6.07) is 9.56. The van der Waals surface area contributed by atoms with Crippen LogP contribution in [0.5, 0.6) is 0 Å². The van der Waals surface area contributed by atoms with Gasteiger partial charge < -0.3 is 5.32 Å². The van der Waals surface area contributed by atoms with Crippen molar-refractivity contribution in [3.05, 3.63) is 77.4 Å². The fourth-order valence-electron chi connectivity index (χ4n) is 2.54. The first-order chi connectivity index (χ1) is 13.6. The summed E-state index contributed by atoms with van der Waals surface area (Å²) >= 11 is 0. The molecule has 0 unspecified atom stereocenters. The van der Waals surface area contributed by atoms with Crippen LogP contribution in [0.25, 0.3) is 5.69 Å². The lowest BCUT2D eigenvalue weighted by Crippen LogP contribution is -2.26. The molecule has 0 spiro atoms. The summed E-state index contributed by atoms with van der Waals surface area (Å²) in [4.78, 5) is 16.2. The molecule has 0 bridgehead atoms. The van der Waals surface area contributed by atoms with E-state index in [1.54, 1.807) is 30.3 Å². The number of amides is 1. The van der Waals surface area contributed by atoms with Crippen molar-refractivity contribution in [1.29, 1.82) is 0 Å². The number of halogens is 6. The molecule has 1 amide bonds. The van der Waals surface area contributed by atoms with Crippen molar-refractivity contribution < 1.29 is 31.1 Å². The fraction of sp³-hybridized carbons (Fsp3) is 0.167. The van der Waals surface area contributed by atoms with E-state index in [9.17, 15) is 31.1 Å². The van der Waals surface area contributed by atoms with Crippen LogP contribution in [0.15, 0.2) is 54.9 Å². The molecule has 152 valence electrons. The van der Waals surface area contributed by atoms with Crippen LogP contribution in [0.4, 0.5) is 26.3 Å². The number of rotatable bonds is 4. The molecule has 1 heterocycles. The van der Waals surface area contributed by atoms with Crippen molar-refractivity contribution in [1.82, 2.24) is 20.1 Å². The van der Waals surface area contributed by atoms with Crippen molar-refractivity contribution in [3.8, 4) is 5.69 Å². The summed E-state index contributed by atoms with van der Waals surface area (Å²) in [7, 11) is 0. The zero-order valence-corrected chi connectivity index (χ0v) is 14.4. The normalized spacial score (nSPS) is 12.1. The monoisotopic (exact) mass is 414 g/mol. The lowest BCUT2D eigenvalue weighted by molar-refractivity contribution is -0.143. The Morgan fingerprint density at radius 3 is 2.07 bits per heavy atom. The largest absolute Gasteiger partial charge is 0.416 e. The van der Waals surface area contributed by atoms with Crippen molar-refractivity contribution in [2.75, 3.05) is 0 Å². The van der Waals surface area contributed by atoms with E-state index in [2.05, 4.69) is 15.4 Å². The van der Waals surface area contributed by atoms with E-state index in [0.717, 1.165) is 6.33 Å². The number of hydrogen-bond acceptors (Lipinski definition) is 3. The molecule has 0 saturated heterocycles. The van der Waals surface area contributed by atoms with Gasteiger partial charge in [0, 0.05) is 6.54 Å². The van der Waals surface area contributed by atoms with Crippen molar-refractivity contribution in [3.63, 3.8) is 0 Å². The molecule has 3 aromatic rings. The minimum absolute atomic E-state index is 0.0252. The molecule has 1 N–H and O–H groups in total. The Kier molecular flexibility index (Phi) is 5.31. The van der Waals surface area contributed by atoms with Gasteiger partial charge in [0.15, 0.2) is 0 Å². The second-order valence-electron chi connectivity index (χ2n) is 5.93. The van der Waals surface area contributed by atoms with E-state index >= 15 is 0 Å². The van der Waals surface area contributed by atoms with Crippen molar-refractivity contribution in [2.45, 2.75) is 18.9 Å². The predicted octanol–water partition coefficient (Wildman–Crippen LogP) is 4.23. The first-order valence-corrected chi connectivity index (χ1v) is 8.08. The van der Waals surface area contributed by atoms with E-state index in [4.69, 9.17) is 0 Å². The molecular formula is C18H12F6N4O. The molecule has 3 rings (SSSR count). The van der Waals surface area contributed by atoms with Crippen LogP contribution in [0, 0.1) is 0 Å². The Hall–Kier alpha value is -3.37. The quantitative estimate of drug-likeness (QED) is 0.650. The molecule has 1 aromatic heterocycles. The summed E-state index contributed by atoms with van der Waals surface area (Å²) in [5.74, 6) is -0.975. The Balaban J connectivity index is 1.84. The van der Waals surface area contributed by atoms with Gasteiger partial charge in [-0.1, -0.05) is 18.2 Å². The lowest BCUT2D eigenvalue weighted by Gasteiger charge is -2.14. The lowest BCUT2D eigenvalue weighted by atomic mass is 10.0. The number of nitrogens with zero attached hydrogens (tertiary/aromatic N) is 3. The van der Waals surface area contributed by atoms with Gasteiger partial charge in [0.1, 0.15) is 6.33 Å². The Labute approximate surface area is 160 Å². The van der Waals surface area contributed by atoms with Gasteiger partial charge in [-0.2, -0.15) is 31.4 Å². The molecule has 0 aliphatic carbocycles. The first-order valence-electron chi connectivity index (χ1n) is 8.08. The standard InChI is InChI=1S/C18H12F6N4O/c19-17(20,21)12-6-11(7-13(8-12)18(22,23)24)9-25-16(29)15-26-10-27-28(15)14-4-2-1-3-5-14/h1-8,10H,9H2,(H,25,29). The number of para-hydroxylation sites is 1. The Bertz CT molecular complexity index is 979. The maximum absolute atomic E-state index is 12.9. The summed E-state index contributed by atoms with van der Waals surface area (Å²) in [5.41, 5.74) is -2.76. The molecule has 0 radical (unpaired) electrons. The molecule has 0 aliphatic heterocycles. The maximum atomic E-state index is 12.9. The number of carbonyl (C=O) groups excluding carboxylic acids is 1. The molecule has 2 aromatic carbocycles. The van der Waals surface area contributed by atoms with Crippen LogP contribution in [0.3, 0.4) is 0 Å². The average molecular weight is 414 g/mol. The average Bonchev–Trinajstić information content (AvgIpc) is 3.15. The molecule has 0 atom stereocenters. The van der Waals surface area contributed by atoms with Crippen LogP contribution in [0.2, 0.25) is 0 Å². The number of nitrogens with one attached hydrogen (secondary N) is 1. The van der Waals surface area contributed by atoms with Crippen LogP contribution in [0.1, 0.15) is 27.3 Å². The zero-order chi connectivity index (χ0) is 21.2. The molecule has 0 aliphatic rings. The SMILES string of the molecule is O=C(NCc1cc(C(F)(F)F)cc(C(F)(F)F)c1)c1ncnn1-c1ccccc1. The molecule has 5 nitrogen and oxygen atoms in total. The molecule has 0 fully saturated rings. The Morgan fingerprint density at radius 1 is 0.931 bits per heavy atom. The maximum Gasteiger partial charge on any atom is 0.416 e. The third kappa shape index (κ3) is 4.73. The van der Waals surface area contributed by atoms with Crippen molar-refractivity contribution in [2.24, 2.45) is 0 Å². The van der Waals surface area contributed by atoms with E-state index < -0.39 is 35.9 Å². The number of benzene rings is 2. The number of aromatic nitrogens is 3. The third-order valence-electron chi connectivity index (χ3n) is 3.85. The summed E-state index contributed by atoms with van der Waals surface area (Å²) in [5, 5.41) is 6.17. The van der Waals surface area contributed by atoms with E-state index in [-0.39, 0.29) is 17.5 Å². The van der Waals surface area contributed by atoms with E-state index in [1.807, 2.05) is 0 Å². The minimum Gasteiger partial charge on any atom is -0.345 e. The van der Waals surface area contributed by atoms with Crippen LogP contribution < -0.4 is 5.32 Å². The van der Waals surface area contributed by atoms with E-state index in [0.29, 0.717) is 17.8 Å². The van der Waals surface area contributed by atoms with Crippen LogP contribution in [-0.4, -0.2) is 20.7 Å². The molecule has 11 heteroatoms. The number of carbonyl (C=O) groups is 1. The Morgan fingerprint density at radius 2 is 1.52 bits per heavy atom. The number of hydrogen-bond donors (Lipinski definition) is 1. The zero-order valence-electron chi connectivity index (χ0n) is 14.4.